The number of carbonyl (C=O) groups excluding carboxylic acids is 2. The number of nitrogens with two attached hydrogens (primary N) is 1. The van der Waals surface area contributed by atoms with Crippen LogP contribution in [-0.4, -0.2) is 42.7 Å². The molecule has 0 heterocycles. The van der Waals surface area contributed by atoms with E-state index in [1.807, 2.05) is 38.1 Å². The quantitative estimate of drug-likeness (QED) is 0.723. The fraction of sp³-hybridized carbons (Fsp3) is 0.300. The first kappa shape index (κ1) is 19.8. The maximum atomic E-state index is 12.7. The van der Waals surface area contributed by atoms with E-state index in [2.05, 4.69) is 6.07 Å². The Hall–Kier alpha value is -2.47. The number of ether oxygens (including phenoxy) is 1. The number of nitrogens with zero attached hydrogens (tertiary/aromatic N) is 1. The molecular weight excluding hydrogens is 348 g/mol. The summed E-state index contributed by atoms with van der Waals surface area (Å²) in [6.45, 7) is 4.91. The van der Waals surface area contributed by atoms with Crippen LogP contribution in [-0.2, 0) is 4.79 Å². The number of amides is 2. The fourth-order valence-electron chi connectivity index (χ4n) is 2.54. The van der Waals surface area contributed by atoms with Gasteiger partial charge in [-0.2, -0.15) is 0 Å². The van der Waals surface area contributed by atoms with Crippen LogP contribution in [0.3, 0.4) is 0 Å². The molecular formula is C20H24N2O3S. The average molecular weight is 372 g/mol. The van der Waals surface area contributed by atoms with E-state index in [0.29, 0.717) is 18.7 Å². The highest BCUT2D eigenvalue weighted by atomic mass is 32.2. The Balaban J connectivity index is 1.96. The molecule has 0 spiro atoms. The maximum Gasteiger partial charge on any atom is 0.254 e. The third-order valence-electron chi connectivity index (χ3n) is 3.72. The summed E-state index contributed by atoms with van der Waals surface area (Å²) in [5.74, 6) is 0.430. The molecule has 2 aromatic carbocycles. The summed E-state index contributed by atoms with van der Waals surface area (Å²) in [6, 6.07) is 13.3. The van der Waals surface area contributed by atoms with Gasteiger partial charge in [-0.15, -0.1) is 11.8 Å². The van der Waals surface area contributed by atoms with E-state index in [4.69, 9.17) is 10.5 Å². The van der Waals surface area contributed by atoms with Crippen molar-refractivity contribution in [2.24, 2.45) is 5.73 Å². The van der Waals surface area contributed by atoms with Crippen LogP contribution in [0.1, 0.15) is 21.5 Å². The van der Waals surface area contributed by atoms with Crippen LogP contribution < -0.4 is 10.5 Å². The van der Waals surface area contributed by atoms with E-state index in [1.54, 1.807) is 24.1 Å². The van der Waals surface area contributed by atoms with Gasteiger partial charge in [0.15, 0.2) is 0 Å². The van der Waals surface area contributed by atoms with Gasteiger partial charge in [-0.3, -0.25) is 9.59 Å². The molecule has 0 bridgehead atoms. The van der Waals surface area contributed by atoms with Gasteiger partial charge >= 0.3 is 0 Å². The highest BCUT2D eigenvalue weighted by Gasteiger charge is 2.16. The topological polar surface area (TPSA) is 72.6 Å². The van der Waals surface area contributed by atoms with E-state index in [1.165, 1.54) is 11.8 Å². The molecule has 0 aromatic heterocycles. The summed E-state index contributed by atoms with van der Waals surface area (Å²) in [5, 5.41) is 0. The van der Waals surface area contributed by atoms with Crippen LogP contribution in [0.5, 0.6) is 5.75 Å². The van der Waals surface area contributed by atoms with Crippen molar-refractivity contribution in [3.8, 4) is 5.75 Å². The zero-order valence-corrected chi connectivity index (χ0v) is 16.1. The Morgan fingerprint density at radius 2 is 1.77 bits per heavy atom. The van der Waals surface area contributed by atoms with Crippen molar-refractivity contribution in [1.29, 1.82) is 0 Å². The average Bonchev–Trinajstić information content (AvgIpc) is 2.58. The van der Waals surface area contributed by atoms with Crippen molar-refractivity contribution in [1.82, 2.24) is 4.90 Å². The monoisotopic (exact) mass is 372 g/mol. The normalized spacial score (nSPS) is 10.4. The summed E-state index contributed by atoms with van der Waals surface area (Å²) in [4.78, 5) is 26.1. The van der Waals surface area contributed by atoms with Crippen LogP contribution in [0.25, 0.3) is 0 Å². The van der Waals surface area contributed by atoms with Gasteiger partial charge in [0.2, 0.25) is 5.91 Å². The number of benzene rings is 2. The first-order chi connectivity index (χ1) is 12.4. The van der Waals surface area contributed by atoms with Crippen molar-refractivity contribution >= 4 is 23.6 Å². The molecule has 2 amide bonds. The van der Waals surface area contributed by atoms with E-state index in [0.717, 1.165) is 21.8 Å². The maximum absolute atomic E-state index is 12.7. The van der Waals surface area contributed by atoms with Gasteiger partial charge in [-0.1, -0.05) is 18.2 Å². The number of likely N-dealkylation sites (N-methyl/N-ethyl adjacent to an activating group) is 1. The number of rotatable bonds is 8. The van der Waals surface area contributed by atoms with E-state index in [9.17, 15) is 9.59 Å². The van der Waals surface area contributed by atoms with Gasteiger partial charge in [-0.05, 0) is 49.2 Å². The summed E-state index contributed by atoms with van der Waals surface area (Å²) in [7, 11) is 1.74. The third kappa shape index (κ3) is 5.81. The molecule has 2 N–H and O–H groups in total. The third-order valence-corrected chi connectivity index (χ3v) is 4.82. The molecule has 0 aliphatic carbocycles. The molecule has 5 nitrogen and oxygen atoms in total. The van der Waals surface area contributed by atoms with Crippen molar-refractivity contribution in [2.45, 2.75) is 18.7 Å². The first-order valence-electron chi connectivity index (χ1n) is 8.33. The first-order valence-corrected chi connectivity index (χ1v) is 9.32. The van der Waals surface area contributed by atoms with Crippen molar-refractivity contribution in [3.05, 3.63) is 59.2 Å². The fourth-order valence-corrected chi connectivity index (χ4v) is 3.33. The van der Waals surface area contributed by atoms with Crippen LogP contribution >= 0.6 is 11.8 Å². The van der Waals surface area contributed by atoms with E-state index in [-0.39, 0.29) is 11.7 Å². The summed E-state index contributed by atoms with van der Waals surface area (Å²) in [6.07, 6.45) is 0. The Morgan fingerprint density at radius 1 is 1.12 bits per heavy atom. The molecule has 2 rings (SSSR count). The van der Waals surface area contributed by atoms with E-state index < -0.39 is 5.91 Å². The Bertz CT molecular complexity index is 772. The number of aryl methyl sites for hydroxylation is 2. The lowest BCUT2D eigenvalue weighted by molar-refractivity contribution is -0.115. The molecule has 0 fully saturated rings. The molecule has 0 unspecified atom stereocenters. The van der Waals surface area contributed by atoms with Crippen molar-refractivity contribution in [2.75, 3.05) is 26.0 Å². The molecule has 0 radical (unpaired) electrons. The minimum atomic E-state index is -0.410. The zero-order valence-electron chi connectivity index (χ0n) is 15.3. The highest BCUT2D eigenvalue weighted by Crippen LogP contribution is 2.23. The van der Waals surface area contributed by atoms with Crippen LogP contribution in [0.4, 0.5) is 0 Å². The molecule has 0 aliphatic rings. The Kier molecular flexibility index (Phi) is 7.09. The predicted octanol–water partition coefficient (Wildman–Crippen LogP) is 3.03. The van der Waals surface area contributed by atoms with Crippen LogP contribution in [0.15, 0.2) is 47.4 Å². The standard InChI is InChI=1S/C20H24N2O3S/c1-14-10-15(2)12-16(11-14)25-9-8-22(3)20(24)17-6-4-5-7-18(17)26-13-19(21)23/h4-7,10-12H,8-9,13H2,1-3H3,(H2,21,23). The minimum Gasteiger partial charge on any atom is -0.492 e. The van der Waals surface area contributed by atoms with Gasteiger partial charge in [-0.25, -0.2) is 0 Å². The molecule has 0 saturated heterocycles. The summed E-state index contributed by atoms with van der Waals surface area (Å²) >= 11 is 1.27. The minimum absolute atomic E-state index is 0.110. The molecule has 0 atom stereocenters. The second-order valence-corrected chi connectivity index (χ2v) is 7.17. The number of carbonyl (C=O) groups is 2. The van der Waals surface area contributed by atoms with Gasteiger partial charge < -0.3 is 15.4 Å². The molecule has 0 aliphatic heterocycles. The number of hydrogen-bond donors (Lipinski definition) is 1. The molecule has 6 heteroatoms. The highest BCUT2D eigenvalue weighted by molar-refractivity contribution is 8.00. The number of primary amides is 1. The van der Waals surface area contributed by atoms with Gasteiger partial charge in [0.1, 0.15) is 12.4 Å². The SMILES string of the molecule is Cc1cc(C)cc(OCCN(C)C(=O)c2ccccc2SCC(N)=O)c1. The lowest BCUT2D eigenvalue weighted by Gasteiger charge is -2.19. The van der Waals surface area contributed by atoms with Gasteiger partial charge in [0.05, 0.1) is 17.9 Å². The second kappa shape index (κ2) is 9.29. The van der Waals surface area contributed by atoms with Crippen LogP contribution in [0, 0.1) is 13.8 Å². The van der Waals surface area contributed by atoms with Crippen LogP contribution in [0.2, 0.25) is 0 Å². The Labute approximate surface area is 158 Å². The number of thioether (sulfide) groups is 1. The summed E-state index contributed by atoms with van der Waals surface area (Å²) < 4.78 is 5.77. The lowest BCUT2D eigenvalue weighted by atomic mass is 10.1. The second-order valence-electron chi connectivity index (χ2n) is 6.15. The van der Waals surface area contributed by atoms with Gasteiger partial charge in [0.25, 0.3) is 5.91 Å². The zero-order chi connectivity index (χ0) is 19.1. The molecule has 138 valence electrons. The Morgan fingerprint density at radius 3 is 2.42 bits per heavy atom. The van der Waals surface area contributed by atoms with E-state index >= 15 is 0 Å². The summed E-state index contributed by atoms with van der Waals surface area (Å²) in [5.41, 5.74) is 8.05. The smallest absolute Gasteiger partial charge is 0.254 e. The van der Waals surface area contributed by atoms with Gasteiger partial charge in [0, 0.05) is 11.9 Å². The number of hydrogen-bond acceptors (Lipinski definition) is 4. The lowest BCUT2D eigenvalue weighted by Crippen LogP contribution is -2.31. The molecule has 0 saturated carbocycles. The largest absolute Gasteiger partial charge is 0.492 e. The molecule has 2 aromatic rings. The molecule has 26 heavy (non-hydrogen) atoms. The van der Waals surface area contributed by atoms with Crippen molar-refractivity contribution in [3.63, 3.8) is 0 Å². The predicted molar refractivity (Wildman–Crippen MR) is 105 cm³/mol. The van der Waals surface area contributed by atoms with Crippen molar-refractivity contribution < 1.29 is 14.3 Å².